The number of aromatic nitrogens is 4. The number of alkyl halides is 3. The number of hydrogen-bond donors (Lipinski definition) is 1. The molecule has 5 nitrogen and oxygen atoms in total. The van der Waals surface area contributed by atoms with Crippen LogP contribution in [0.15, 0.2) is 10.7 Å². The molecule has 2 N–H and O–H groups in total. The summed E-state index contributed by atoms with van der Waals surface area (Å²) < 4.78 is 40.6. The predicted molar refractivity (Wildman–Crippen MR) is 73.7 cm³/mol. The highest BCUT2D eigenvalue weighted by Crippen LogP contribution is 2.37. The number of thiocarbonyl (C=S) groups is 1. The highest BCUT2D eigenvalue weighted by Gasteiger charge is 2.39. The molecule has 0 aliphatic carbocycles. The fourth-order valence-electron chi connectivity index (χ4n) is 1.79. The summed E-state index contributed by atoms with van der Waals surface area (Å²) in [5.74, 6) is 0.0276. The van der Waals surface area contributed by atoms with Gasteiger partial charge < -0.3 is 5.73 Å². The van der Waals surface area contributed by atoms with Gasteiger partial charge in [-0.3, -0.25) is 4.68 Å². The zero-order valence-electron chi connectivity index (χ0n) is 10.4. The van der Waals surface area contributed by atoms with Crippen molar-refractivity contribution in [3.8, 4) is 5.82 Å². The second-order valence-electron chi connectivity index (χ2n) is 4.03. The normalized spacial score (nSPS) is 11.9. The van der Waals surface area contributed by atoms with Crippen LogP contribution in [0.3, 0.4) is 0 Å². The van der Waals surface area contributed by atoms with E-state index in [1.165, 1.54) is 17.9 Å². The Morgan fingerprint density at radius 1 is 1.45 bits per heavy atom. The number of rotatable bonds is 2. The lowest BCUT2D eigenvalue weighted by Crippen LogP contribution is -2.12. The molecule has 0 saturated heterocycles. The van der Waals surface area contributed by atoms with E-state index in [-0.39, 0.29) is 15.3 Å². The summed E-state index contributed by atoms with van der Waals surface area (Å²) in [4.78, 5) is 0.122. The molecule has 0 bridgehead atoms. The van der Waals surface area contributed by atoms with Crippen molar-refractivity contribution in [2.24, 2.45) is 12.8 Å². The molecule has 2 heterocycles. The first-order chi connectivity index (χ1) is 9.14. The van der Waals surface area contributed by atoms with Gasteiger partial charge in [-0.05, 0) is 22.9 Å². The average molecular weight is 368 g/mol. The van der Waals surface area contributed by atoms with Crippen LogP contribution in [0.25, 0.3) is 5.82 Å². The molecule has 0 aliphatic heterocycles. The second-order valence-corrected chi connectivity index (χ2v) is 5.26. The lowest BCUT2D eigenvalue weighted by atomic mass is 10.2. The molecule has 0 unspecified atom stereocenters. The Kier molecular flexibility index (Phi) is 3.63. The third kappa shape index (κ3) is 2.33. The van der Waals surface area contributed by atoms with Crippen molar-refractivity contribution in [3.63, 3.8) is 0 Å². The van der Waals surface area contributed by atoms with Crippen molar-refractivity contribution in [2.75, 3.05) is 0 Å². The zero-order valence-corrected chi connectivity index (χ0v) is 12.8. The minimum absolute atomic E-state index is 0.0276. The van der Waals surface area contributed by atoms with Crippen LogP contribution in [0, 0.1) is 6.92 Å². The molecule has 2 rings (SSSR count). The molecule has 0 aliphatic rings. The lowest BCUT2D eigenvalue weighted by Gasteiger charge is -2.06. The number of halogens is 4. The Bertz CT molecular complexity index is 688. The quantitative estimate of drug-likeness (QED) is 0.827. The highest BCUT2D eigenvalue weighted by atomic mass is 79.9. The highest BCUT2D eigenvalue weighted by molar-refractivity contribution is 9.10. The van der Waals surface area contributed by atoms with Gasteiger partial charge in [0, 0.05) is 7.05 Å². The first kappa shape index (κ1) is 15.0. The van der Waals surface area contributed by atoms with Gasteiger partial charge in [0.25, 0.3) is 0 Å². The summed E-state index contributed by atoms with van der Waals surface area (Å²) >= 11 is 7.77. The van der Waals surface area contributed by atoms with E-state index in [2.05, 4.69) is 26.1 Å². The first-order valence-electron chi connectivity index (χ1n) is 5.29. The zero-order chi connectivity index (χ0) is 15.2. The van der Waals surface area contributed by atoms with Gasteiger partial charge >= 0.3 is 6.18 Å². The minimum Gasteiger partial charge on any atom is -0.389 e. The van der Waals surface area contributed by atoms with E-state index in [9.17, 15) is 13.2 Å². The van der Waals surface area contributed by atoms with Crippen LogP contribution in [0.5, 0.6) is 0 Å². The van der Waals surface area contributed by atoms with Crippen LogP contribution in [0.1, 0.15) is 17.0 Å². The Morgan fingerprint density at radius 3 is 2.45 bits per heavy atom. The molecule has 0 aromatic carbocycles. The van der Waals surface area contributed by atoms with E-state index in [0.29, 0.717) is 11.3 Å². The van der Waals surface area contributed by atoms with Crippen LogP contribution in [-0.2, 0) is 13.2 Å². The van der Waals surface area contributed by atoms with Gasteiger partial charge in [-0.25, -0.2) is 4.68 Å². The van der Waals surface area contributed by atoms with Gasteiger partial charge in [-0.1, -0.05) is 12.2 Å². The number of nitrogens with zero attached hydrogens (tertiary/aromatic N) is 4. The largest absolute Gasteiger partial charge is 0.434 e. The summed E-state index contributed by atoms with van der Waals surface area (Å²) in [6.07, 6.45) is -3.13. The standard InChI is InChI=1S/C10H9BrF3N5S/c1-4-5(8(15)20)3-16-19(4)9-6(11)7(10(12,13)14)18(2)17-9/h3H,1-2H3,(H2,15,20). The van der Waals surface area contributed by atoms with E-state index in [4.69, 9.17) is 18.0 Å². The van der Waals surface area contributed by atoms with Crippen LogP contribution in [0.4, 0.5) is 13.2 Å². The van der Waals surface area contributed by atoms with E-state index >= 15 is 0 Å². The van der Waals surface area contributed by atoms with Crippen LogP contribution < -0.4 is 5.73 Å². The molecule has 20 heavy (non-hydrogen) atoms. The van der Waals surface area contributed by atoms with Crippen LogP contribution >= 0.6 is 28.1 Å². The predicted octanol–water partition coefficient (Wildman–Crippen LogP) is 2.33. The van der Waals surface area contributed by atoms with Gasteiger partial charge in [-0.2, -0.15) is 23.4 Å². The van der Waals surface area contributed by atoms with Crippen molar-refractivity contribution in [3.05, 3.63) is 27.6 Å². The number of hydrogen-bond acceptors (Lipinski definition) is 3. The van der Waals surface area contributed by atoms with Crippen LogP contribution in [0.2, 0.25) is 0 Å². The monoisotopic (exact) mass is 367 g/mol. The van der Waals surface area contributed by atoms with E-state index in [0.717, 1.165) is 4.68 Å². The third-order valence-electron chi connectivity index (χ3n) is 2.72. The van der Waals surface area contributed by atoms with Crippen molar-refractivity contribution in [2.45, 2.75) is 13.1 Å². The maximum atomic E-state index is 12.9. The number of nitrogens with two attached hydrogens (primary N) is 1. The Morgan fingerprint density at radius 2 is 2.05 bits per heavy atom. The lowest BCUT2D eigenvalue weighted by molar-refractivity contribution is -0.144. The van der Waals surface area contributed by atoms with Crippen molar-refractivity contribution in [1.82, 2.24) is 19.6 Å². The number of aryl methyl sites for hydroxylation is 1. The Labute approximate surface area is 125 Å². The third-order valence-corrected chi connectivity index (χ3v) is 3.67. The van der Waals surface area contributed by atoms with E-state index in [1.807, 2.05) is 0 Å². The fourth-order valence-corrected chi connectivity index (χ4v) is 2.72. The molecule has 0 atom stereocenters. The molecule has 2 aromatic rings. The molecule has 0 spiro atoms. The Hall–Kier alpha value is -1.42. The summed E-state index contributed by atoms with van der Waals surface area (Å²) in [5, 5.41) is 7.83. The Balaban J connectivity index is 2.64. The summed E-state index contributed by atoms with van der Waals surface area (Å²) in [6.45, 7) is 1.65. The molecule has 10 heteroatoms. The molecule has 2 aromatic heterocycles. The van der Waals surface area contributed by atoms with Gasteiger partial charge in [0.2, 0.25) is 0 Å². The SMILES string of the molecule is Cc1c(C(N)=S)cnn1-c1nn(C)c(C(F)(F)F)c1Br. The molecule has 108 valence electrons. The second kappa shape index (κ2) is 4.85. The van der Waals surface area contributed by atoms with Gasteiger partial charge in [0.1, 0.15) is 4.99 Å². The molecular formula is C10H9BrF3N5S. The van der Waals surface area contributed by atoms with Gasteiger partial charge in [-0.15, -0.1) is 0 Å². The fraction of sp³-hybridized carbons (Fsp3) is 0.300. The van der Waals surface area contributed by atoms with E-state index < -0.39 is 11.9 Å². The first-order valence-corrected chi connectivity index (χ1v) is 6.49. The smallest absolute Gasteiger partial charge is 0.389 e. The molecule has 0 saturated carbocycles. The van der Waals surface area contributed by atoms with Crippen molar-refractivity contribution < 1.29 is 13.2 Å². The van der Waals surface area contributed by atoms with Crippen molar-refractivity contribution in [1.29, 1.82) is 0 Å². The minimum atomic E-state index is -4.52. The molecule has 0 radical (unpaired) electrons. The summed E-state index contributed by atoms with van der Waals surface area (Å²) in [5.41, 5.74) is 5.63. The topological polar surface area (TPSA) is 61.7 Å². The average Bonchev–Trinajstić information content (AvgIpc) is 2.78. The van der Waals surface area contributed by atoms with Crippen molar-refractivity contribution >= 4 is 33.1 Å². The van der Waals surface area contributed by atoms with E-state index in [1.54, 1.807) is 6.92 Å². The maximum Gasteiger partial charge on any atom is 0.434 e. The molecule has 0 amide bonds. The van der Waals surface area contributed by atoms with Gasteiger partial charge in [0.15, 0.2) is 11.5 Å². The molecule has 0 fully saturated rings. The summed E-state index contributed by atoms with van der Waals surface area (Å²) in [7, 11) is 1.21. The van der Waals surface area contributed by atoms with Gasteiger partial charge in [0.05, 0.1) is 21.9 Å². The summed E-state index contributed by atoms with van der Waals surface area (Å²) in [6, 6.07) is 0. The van der Waals surface area contributed by atoms with Crippen LogP contribution in [-0.4, -0.2) is 24.5 Å². The molecular weight excluding hydrogens is 359 g/mol. The maximum absolute atomic E-state index is 12.9.